The van der Waals surface area contributed by atoms with Gasteiger partial charge in [0.25, 0.3) is 5.69 Å². The van der Waals surface area contributed by atoms with Gasteiger partial charge in [-0.3, -0.25) is 15.0 Å². The summed E-state index contributed by atoms with van der Waals surface area (Å²) in [5.74, 6) is 0. The van der Waals surface area contributed by atoms with Crippen molar-refractivity contribution < 1.29 is 18.1 Å². The van der Waals surface area contributed by atoms with E-state index in [-0.39, 0.29) is 5.69 Å². The molecule has 0 saturated carbocycles. The molecule has 0 aromatic heterocycles. The number of nitro groups is 1. The maximum atomic E-state index is 12.6. The van der Waals surface area contributed by atoms with E-state index in [1.54, 1.807) is 12.1 Å². The molecule has 2 aromatic rings. The predicted molar refractivity (Wildman–Crippen MR) is 99.7 cm³/mol. The van der Waals surface area contributed by atoms with Gasteiger partial charge < -0.3 is 5.32 Å². The zero-order chi connectivity index (χ0) is 20.1. The van der Waals surface area contributed by atoms with Gasteiger partial charge in [0.2, 0.25) is 0 Å². The van der Waals surface area contributed by atoms with E-state index in [1.165, 1.54) is 18.2 Å². The van der Waals surface area contributed by atoms with Crippen molar-refractivity contribution in [2.45, 2.75) is 38.1 Å². The van der Waals surface area contributed by atoms with Crippen molar-refractivity contribution in [3.05, 3.63) is 75.3 Å². The molecular formula is C20H22F3N3O2. The number of halogens is 3. The lowest BCUT2D eigenvalue weighted by atomic mass is 10.0. The molecule has 1 N–H and O–H groups in total. The van der Waals surface area contributed by atoms with Crippen LogP contribution < -0.4 is 5.32 Å². The number of hydrogen-bond donors (Lipinski definition) is 1. The second kappa shape index (κ2) is 8.70. The Morgan fingerprint density at radius 3 is 2.36 bits per heavy atom. The second-order valence-electron chi connectivity index (χ2n) is 7.05. The molecule has 150 valence electrons. The van der Waals surface area contributed by atoms with E-state index in [1.807, 2.05) is 6.07 Å². The molecule has 1 heterocycles. The van der Waals surface area contributed by atoms with Gasteiger partial charge in [0.05, 0.1) is 10.5 Å². The minimum absolute atomic E-state index is 0.0886. The third-order valence-corrected chi connectivity index (χ3v) is 4.99. The number of alkyl halides is 3. The highest BCUT2D eigenvalue weighted by Crippen LogP contribution is 2.29. The summed E-state index contributed by atoms with van der Waals surface area (Å²) in [6, 6.07) is 12.2. The molecule has 0 spiro atoms. The number of non-ortho nitro benzene ring substituents is 1. The van der Waals surface area contributed by atoms with Gasteiger partial charge in [0.1, 0.15) is 0 Å². The van der Waals surface area contributed by atoms with E-state index in [9.17, 15) is 23.3 Å². The van der Waals surface area contributed by atoms with E-state index in [0.717, 1.165) is 49.2 Å². The molecule has 0 bridgehead atoms. The molecule has 8 heteroatoms. The number of nitrogens with zero attached hydrogens (tertiary/aromatic N) is 2. The third kappa shape index (κ3) is 5.53. The van der Waals surface area contributed by atoms with Gasteiger partial charge in [0, 0.05) is 31.3 Å². The lowest BCUT2D eigenvalue weighted by molar-refractivity contribution is -0.384. The van der Waals surface area contributed by atoms with Crippen molar-refractivity contribution in [2.75, 3.05) is 13.1 Å². The second-order valence-corrected chi connectivity index (χ2v) is 7.05. The van der Waals surface area contributed by atoms with Crippen molar-refractivity contribution in [3.8, 4) is 0 Å². The van der Waals surface area contributed by atoms with Gasteiger partial charge in [-0.25, -0.2) is 0 Å². The van der Waals surface area contributed by atoms with Crippen LogP contribution in [0.1, 0.15) is 29.5 Å². The number of hydrogen-bond acceptors (Lipinski definition) is 4. The Balaban J connectivity index is 1.44. The molecule has 5 nitrogen and oxygen atoms in total. The Morgan fingerprint density at radius 1 is 1.07 bits per heavy atom. The Labute approximate surface area is 161 Å². The Bertz CT molecular complexity index is 801. The van der Waals surface area contributed by atoms with Crippen molar-refractivity contribution in [2.24, 2.45) is 0 Å². The van der Waals surface area contributed by atoms with Crippen LogP contribution >= 0.6 is 0 Å². The number of benzene rings is 2. The van der Waals surface area contributed by atoms with Crippen LogP contribution in [0.25, 0.3) is 0 Å². The molecule has 1 saturated heterocycles. The normalized spacial score (nSPS) is 16.2. The molecule has 0 radical (unpaired) electrons. The van der Waals surface area contributed by atoms with E-state index >= 15 is 0 Å². The van der Waals surface area contributed by atoms with Crippen LogP contribution in [0.4, 0.5) is 18.9 Å². The molecule has 2 aromatic carbocycles. The average molecular weight is 393 g/mol. The van der Waals surface area contributed by atoms with Gasteiger partial charge in [0.15, 0.2) is 0 Å². The maximum absolute atomic E-state index is 12.6. The van der Waals surface area contributed by atoms with Gasteiger partial charge in [-0.05, 0) is 49.2 Å². The van der Waals surface area contributed by atoms with Gasteiger partial charge in [-0.15, -0.1) is 0 Å². The molecule has 0 atom stereocenters. The van der Waals surface area contributed by atoms with Crippen LogP contribution in [0.3, 0.4) is 0 Å². The smallest absolute Gasteiger partial charge is 0.310 e. The first kappa shape index (κ1) is 20.3. The molecule has 28 heavy (non-hydrogen) atoms. The quantitative estimate of drug-likeness (QED) is 0.585. The highest BCUT2D eigenvalue weighted by molar-refractivity contribution is 5.34. The van der Waals surface area contributed by atoms with E-state index in [4.69, 9.17) is 0 Å². The number of nitro benzene ring substituents is 1. The van der Waals surface area contributed by atoms with Crippen molar-refractivity contribution in [1.82, 2.24) is 10.2 Å². The lowest BCUT2D eigenvalue weighted by Gasteiger charge is -2.32. The molecule has 3 rings (SSSR count). The third-order valence-electron chi connectivity index (χ3n) is 4.99. The standard InChI is InChI=1S/C20H22F3N3O2/c21-20(22,23)17-6-4-15(5-7-17)14-25-10-8-18(9-11-25)24-13-16-2-1-3-19(12-16)26(27)28/h1-7,12,18,24H,8-11,13-14H2. The molecule has 1 aliphatic rings. The minimum atomic E-state index is -4.30. The Hall–Kier alpha value is -2.45. The summed E-state index contributed by atoms with van der Waals surface area (Å²) in [5.41, 5.74) is 1.21. The van der Waals surface area contributed by atoms with Gasteiger partial charge in [-0.2, -0.15) is 13.2 Å². The van der Waals surface area contributed by atoms with E-state index in [2.05, 4.69) is 10.2 Å². The van der Waals surface area contributed by atoms with Gasteiger partial charge in [-0.1, -0.05) is 24.3 Å². The number of nitrogens with one attached hydrogen (secondary N) is 1. The number of likely N-dealkylation sites (tertiary alicyclic amines) is 1. The van der Waals surface area contributed by atoms with Crippen molar-refractivity contribution in [3.63, 3.8) is 0 Å². The molecule has 1 fully saturated rings. The first-order valence-corrected chi connectivity index (χ1v) is 9.16. The first-order chi connectivity index (χ1) is 13.3. The Kier molecular flexibility index (Phi) is 6.31. The van der Waals surface area contributed by atoms with Crippen LogP contribution in [-0.4, -0.2) is 29.0 Å². The van der Waals surface area contributed by atoms with Crippen LogP contribution in [-0.2, 0) is 19.3 Å². The van der Waals surface area contributed by atoms with Crippen LogP contribution in [0, 0.1) is 10.1 Å². The molecular weight excluding hydrogens is 371 g/mol. The largest absolute Gasteiger partial charge is 0.416 e. The van der Waals surface area contributed by atoms with Crippen LogP contribution in [0.2, 0.25) is 0 Å². The van der Waals surface area contributed by atoms with Crippen molar-refractivity contribution in [1.29, 1.82) is 0 Å². The molecule has 0 unspecified atom stereocenters. The first-order valence-electron chi connectivity index (χ1n) is 9.16. The summed E-state index contributed by atoms with van der Waals surface area (Å²) >= 11 is 0. The highest BCUT2D eigenvalue weighted by atomic mass is 19.4. The summed E-state index contributed by atoms with van der Waals surface area (Å²) in [5, 5.41) is 14.3. The topological polar surface area (TPSA) is 58.4 Å². The van der Waals surface area contributed by atoms with Gasteiger partial charge >= 0.3 is 6.18 Å². The van der Waals surface area contributed by atoms with E-state index < -0.39 is 16.7 Å². The zero-order valence-electron chi connectivity index (χ0n) is 15.3. The maximum Gasteiger partial charge on any atom is 0.416 e. The highest BCUT2D eigenvalue weighted by Gasteiger charge is 2.30. The van der Waals surface area contributed by atoms with E-state index in [0.29, 0.717) is 19.1 Å². The average Bonchev–Trinajstić information content (AvgIpc) is 2.67. The molecule has 1 aliphatic heterocycles. The number of rotatable bonds is 6. The van der Waals surface area contributed by atoms with Crippen molar-refractivity contribution >= 4 is 5.69 Å². The molecule has 0 aliphatic carbocycles. The SMILES string of the molecule is O=[N+]([O-])c1cccc(CNC2CCN(Cc3ccc(C(F)(F)F)cc3)CC2)c1. The fourth-order valence-electron chi connectivity index (χ4n) is 3.39. The fourth-order valence-corrected chi connectivity index (χ4v) is 3.39. The zero-order valence-corrected chi connectivity index (χ0v) is 15.3. The summed E-state index contributed by atoms with van der Waals surface area (Å²) < 4.78 is 37.9. The fraction of sp³-hybridized carbons (Fsp3) is 0.400. The summed E-state index contributed by atoms with van der Waals surface area (Å²) in [6.07, 6.45) is -2.45. The predicted octanol–water partition coefficient (Wildman–Crippen LogP) is 4.37. The Morgan fingerprint density at radius 2 is 1.75 bits per heavy atom. The molecule has 0 amide bonds. The van der Waals surface area contributed by atoms with Crippen LogP contribution in [0.5, 0.6) is 0 Å². The van der Waals surface area contributed by atoms with Crippen LogP contribution in [0.15, 0.2) is 48.5 Å². The lowest BCUT2D eigenvalue weighted by Crippen LogP contribution is -2.41. The summed E-state index contributed by atoms with van der Waals surface area (Å²) in [7, 11) is 0. The summed E-state index contributed by atoms with van der Waals surface area (Å²) in [6.45, 7) is 2.92. The number of piperidine rings is 1. The monoisotopic (exact) mass is 393 g/mol. The minimum Gasteiger partial charge on any atom is -0.310 e. The summed E-state index contributed by atoms with van der Waals surface area (Å²) in [4.78, 5) is 12.7.